The number of carbonyl (C=O) groups excluding carboxylic acids is 1. The van der Waals surface area contributed by atoms with E-state index in [0.717, 1.165) is 5.56 Å². The Hall–Kier alpha value is -3.22. The number of carbonyl (C=O) groups is 1. The fraction of sp³-hybridized carbons (Fsp3) is 0.222. The van der Waals surface area contributed by atoms with Gasteiger partial charge in [-0.15, -0.1) is 0 Å². The number of para-hydroxylation sites is 1. The third-order valence-electron chi connectivity index (χ3n) is 3.79. The van der Waals surface area contributed by atoms with Crippen LogP contribution in [0.1, 0.15) is 12.0 Å². The molecule has 0 aromatic heterocycles. The highest BCUT2D eigenvalue weighted by Crippen LogP contribution is 2.33. The standard InChI is InChI=1S/C18H18N2O5/c1-23-15-8-4-7-13(17(15)24-2)14-10-16(25-20-14)18(22)19-11-5-3-6-12(21)9-11/h3-9,16,21H,10H2,1-2H3,(H,19,22)/t16-/m1/s1. The second-order valence-corrected chi connectivity index (χ2v) is 5.42. The first-order valence-electron chi connectivity index (χ1n) is 7.66. The van der Waals surface area contributed by atoms with Crippen molar-refractivity contribution in [3.05, 3.63) is 48.0 Å². The maximum atomic E-state index is 12.3. The van der Waals surface area contributed by atoms with Gasteiger partial charge in [-0.1, -0.05) is 17.3 Å². The van der Waals surface area contributed by atoms with Crippen LogP contribution in [0, 0.1) is 0 Å². The fourth-order valence-corrected chi connectivity index (χ4v) is 2.60. The maximum Gasteiger partial charge on any atom is 0.268 e. The van der Waals surface area contributed by atoms with Gasteiger partial charge in [0.05, 0.1) is 19.9 Å². The van der Waals surface area contributed by atoms with Gasteiger partial charge in [-0.25, -0.2) is 0 Å². The molecule has 2 aromatic carbocycles. The predicted octanol–water partition coefficient (Wildman–Crippen LogP) is 2.54. The zero-order chi connectivity index (χ0) is 17.8. The molecule has 1 amide bonds. The molecule has 0 unspecified atom stereocenters. The Morgan fingerprint density at radius 3 is 2.76 bits per heavy atom. The van der Waals surface area contributed by atoms with Crippen molar-refractivity contribution in [3.63, 3.8) is 0 Å². The summed E-state index contributed by atoms with van der Waals surface area (Å²) in [6.07, 6.45) is -0.456. The summed E-state index contributed by atoms with van der Waals surface area (Å²) in [5.41, 5.74) is 1.81. The van der Waals surface area contributed by atoms with Crippen LogP contribution in [0.15, 0.2) is 47.6 Å². The normalized spacial score (nSPS) is 15.9. The number of hydrogen-bond acceptors (Lipinski definition) is 6. The Morgan fingerprint density at radius 2 is 2.04 bits per heavy atom. The van der Waals surface area contributed by atoms with Crippen molar-refractivity contribution in [2.45, 2.75) is 12.5 Å². The molecule has 1 atom stereocenters. The van der Waals surface area contributed by atoms with Crippen molar-refractivity contribution >= 4 is 17.3 Å². The molecule has 0 spiro atoms. The van der Waals surface area contributed by atoms with Gasteiger partial charge >= 0.3 is 0 Å². The predicted molar refractivity (Wildman–Crippen MR) is 92.3 cm³/mol. The van der Waals surface area contributed by atoms with Gasteiger partial charge in [-0.3, -0.25) is 4.79 Å². The van der Waals surface area contributed by atoms with Crippen LogP contribution < -0.4 is 14.8 Å². The van der Waals surface area contributed by atoms with Gasteiger partial charge in [0.25, 0.3) is 5.91 Å². The monoisotopic (exact) mass is 342 g/mol. The second-order valence-electron chi connectivity index (χ2n) is 5.42. The minimum absolute atomic E-state index is 0.0724. The van der Waals surface area contributed by atoms with E-state index in [0.29, 0.717) is 29.3 Å². The van der Waals surface area contributed by atoms with Crippen molar-refractivity contribution < 1.29 is 24.2 Å². The minimum Gasteiger partial charge on any atom is -0.508 e. The summed E-state index contributed by atoms with van der Waals surface area (Å²) < 4.78 is 10.7. The quantitative estimate of drug-likeness (QED) is 0.871. The van der Waals surface area contributed by atoms with Crippen molar-refractivity contribution in [3.8, 4) is 17.2 Å². The molecule has 1 aliphatic rings. The number of hydrogen-bond donors (Lipinski definition) is 2. The first kappa shape index (κ1) is 16.6. The van der Waals surface area contributed by atoms with E-state index in [9.17, 15) is 9.90 Å². The average Bonchev–Trinajstić information content (AvgIpc) is 3.11. The first-order valence-corrected chi connectivity index (χ1v) is 7.66. The Labute approximate surface area is 144 Å². The number of aromatic hydroxyl groups is 1. The van der Waals surface area contributed by atoms with Crippen LogP contribution >= 0.6 is 0 Å². The summed E-state index contributed by atoms with van der Waals surface area (Å²) in [6.45, 7) is 0. The lowest BCUT2D eigenvalue weighted by Crippen LogP contribution is -2.28. The topological polar surface area (TPSA) is 89.4 Å². The molecule has 25 heavy (non-hydrogen) atoms. The van der Waals surface area contributed by atoms with E-state index in [-0.39, 0.29) is 11.7 Å². The Kier molecular flexibility index (Phi) is 4.74. The molecule has 7 nitrogen and oxygen atoms in total. The van der Waals surface area contributed by atoms with Crippen LogP contribution in [0.3, 0.4) is 0 Å². The summed E-state index contributed by atoms with van der Waals surface area (Å²) in [7, 11) is 3.10. The smallest absolute Gasteiger partial charge is 0.268 e. The number of oxime groups is 1. The van der Waals surface area contributed by atoms with Gasteiger partial charge in [0, 0.05) is 23.7 Å². The van der Waals surface area contributed by atoms with E-state index in [1.807, 2.05) is 12.1 Å². The number of phenolic OH excluding ortho intramolecular Hbond substituents is 1. The van der Waals surface area contributed by atoms with Crippen molar-refractivity contribution in [2.24, 2.45) is 5.16 Å². The van der Waals surface area contributed by atoms with Gasteiger partial charge in [-0.05, 0) is 24.3 Å². The van der Waals surface area contributed by atoms with Crippen LogP contribution in [-0.4, -0.2) is 37.0 Å². The van der Waals surface area contributed by atoms with E-state index in [4.69, 9.17) is 14.3 Å². The molecular formula is C18H18N2O5. The zero-order valence-corrected chi connectivity index (χ0v) is 13.9. The van der Waals surface area contributed by atoms with E-state index < -0.39 is 6.10 Å². The minimum atomic E-state index is -0.756. The van der Waals surface area contributed by atoms with Gasteiger partial charge < -0.3 is 24.7 Å². The third-order valence-corrected chi connectivity index (χ3v) is 3.79. The second kappa shape index (κ2) is 7.12. The number of phenols is 1. The average molecular weight is 342 g/mol. The first-order chi connectivity index (χ1) is 12.1. The van der Waals surface area contributed by atoms with Crippen LogP contribution in [0.25, 0.3) is 0 Å². The largest absolute Gasteiger partial charge is 0.508 e. The van der Waals surface area contributed by atoms with Crippen LogP contribution in [0.2, 0.25) is 0 Å². The molecule has 0 radical (unpaired) electrons. The molecule has 0 saturated carbocycles. The number of amides is 1. The molecule has 3 rings (SSSR count). The van der Waals surface area contributed by atoms with E-state index in [2.05, 4.69) is 10.5 Å². The number of methoxy groups -OCH3 is 2. The van der Waals surface area contributed by atoms with Crippen molar-refractivity contribution in [1.29, 1.82) is 0 Å². The lowest BCUT2D eigenvalue weighted by atomic mass is 10.0. The highest BCUT2D eigenvalue weighted by Gasteiger charge is 2.31. The number of nitrogens with zero attached hydrogens (tertiary/aromatic N) is 1. The number of nitrogens with one attached hydrogen (secondary N) is 1. The summed E-state index contributed by atoms with van der Waals surface area (Å²) in [5.74, 6) is 0.853. The number of rotatable bonds is 5. The van der Waals surface area contributed by atoms with Gasteiger partial charge in [0.15, 0.2) is 11.5 Å². The number of benzene rings is 2. The third kappa shape index (κ3) is 3.50. The molecule has 0 saturated heterocycles. The highest BCUT2D eigenvalue weighted by atomic mass is 16.6. The van der Waals surface area contributed by atoms with E-state index in [1.165, 1.54) is 12.1 Å². The molecule has 0 aliphatic carbocycles. The molecule has 1 aliphatic heterocycles. The van der Waals surface area contributed by atoms with Crippen LogP contribution in [0.4, 0.5) is 5.69 Å². The number of anilines is 1. The van der Waals surface area contributed by atoms with E-state index >= 15 is 0 Å². The Morgan fingerprint density at radius 1 is 1.24 bits per heavy atom. The summed E-state index contributed by atoms with van der Waals surface area (Å²) in [6, 6.07) is 11.7. The van der Waals surface area contributed by atoms with Gasteiger partial charge in [0.1, 0.15) is 5.75 Å². The lowest BCUT2D eigenvalue weighted by Gasteiger charge is -2.12. The SMILES string of the molecule is COc1cccc(C2=NO[C@@H](C(=O)Nc3cccc(O)c3)C2)c1OC. The van der Waals surface area contributed by atoms with Gasteiger partial charge in [-0.2, -0.15) is 0 Å². The van der Waals surface area contributed by atoms with E-state index in [1.54, 1.807) is 32.4 Å². The molecule has 2 N–H and O–H groups in total. The van der Waals surface area contributed by atoms with Crippen molar-refractivity contribution in [2.75, 3.05) is 19.5 Å². The fourth-order valence-electron chi connectivity index (χ4n) is 2.60. The molecular weight excluding hydrogens is 324 g/mol. The Balaban J connectivity index is 1.72. The molecule has 0 fully saturated rings. The highest BCUT2D eigenvalue weighted by molar-refractivity contribution is 6.08. The summed E-state index contributed by atoms with van der Waals surface area (Å²) >= 11 is 0. The number of ether oxygens (including phenoxy) is 2. The molecule has 0 bridgehead atoms. The Bertz CT molecular complexity index is 819. The summed E-state index contributed by atoms with van der Waals surface area (Å²) in [4.78, 5) is 17.6. The van der Waals surface area contributed by atoms with Crippen LogP contribution in [-0.2, 0) is 9.63 Å². The molecule has 2 aromatic rings. The zero-order valence-electron chi connectivity index (χ0n) is 13.9. The van der Waals surface area contributed by atoms with Gasteiger partial charge in [0.2, 0.25) is 6.10 Å². The molecule has 7 heteroatoms. The van der Waals surface area contributed by atoms with Crippen LogP contribution in [0.5, 0.6) is 17.2 Å². The molecule has 130 valence electrons. The molecule has 1 heterocycles. The maximum absolute atomic E-state index is 12.3. The lowest BCUT2D eigenvalue weighted by molar-refractivity contribution is -0.125. The summed E-state index contributed by atoms with van der Waals surface area (Å²) in [5, 5.41) is 16.2. The van der Waals surface area contributed by atoms with Crippen molar-refractivity contribution in [1.82, 2.24) is 0 Å².